The number of carbonyl (C=O) groups is 1. The van der Waals surface area contributed by atoms with Crippen LogP contribution in [0.5, 0.6) is 0 Å². The molecule has 0 spiro atoms. The van der Waals surface area contributed by atoms with Gasteiger partial charge in [0, 0.05) is 25.5 Å². The summed E-state index contributed by atoms with van der Waals surface area (Å²) in [6.45, 7) is 1.88. The third-order valence-electron chi connectivity index (χ3n) is 5.20. The van der Waals surface area contributed by atoms with Crippen molar-refractivity contribution in [1.82, 2.24) is 9.84 Å². The van der Waals surface area contributed by atoms with Crippen molar-refractivity contribution in [3.05, 3.63) is 89.5 Å². The number of hydrazine groups is 1. The molecule has 8 heteroatoms. The molecule has 7 nitrogen and oxygen atoms in total. The first-order chi connectivity index (χ1) is 14.8. The molecule has 3 aromatic carbocycles. The van der Waals surface area contributed by atoms with Gasteiger partial charge in [-0.1, -0.05) is 42.0 Å². The lowest BCUT2D eigenvalue weighted by molar-refractivity contribution is 0.0633. The third kappa shape index (κ3) is 4.12. The smallest absolute Gasteiger partial charge is 0.273 e. The summed E-state index contributed by atoms with van der Waals surface area (Å²) in [5.74, 6) is -0.424. The van der Waals surface area contributed by atoms with Crippen LogP contribution in [0.1, 0.15) is 27.7 Å². The maximum Gasteiger partial charge on any atom is 0.273 e. The highest BCUT2D eigenvalue weighted by molar-refractivity contribution is 7.89. The molecular formula is C23H24N4O3S. The summed E-state index contributed by atoms with van der Waals surface area (Å²) in [6.07, 6.45) is -0.709. The summed E-state index contributed by atoms with van der Waals surface area (Å²) in [5.41, 5.74) is 3.75. The minimum absolute atomic E-state index is 0.0893. The van der Waals surface area contributed by atoms with Gasteiger partial charge in [-0.3, -0.25) is 4.79 Å². The van der Waals surface area contributed by atoms with Crippen molar-refractivity contribution in [2.75, 3.05) is 24.3 Å². The Kier molecular flexibility index (Phi) is 5.43. The van der Waals surface area contributed by atoms with E-state index in [1.54, 1.807) is 30.3 Å². The quantitative estimate of drug-likeness (QED) is 0.640. The maximum absolute atomic E-state index is 13.3. The zero-order valence-electron chi connectivity index (χ0n) is 17.5. The number of nitrogens with zero attached hydrogens (tertiary/aromatic N) is 2. The second kappa shape index (κ2) is 8.05. The van der Waals surface area contributed by atoms with Gasteiger partial charge in [0.25, 0.3) is 15.9 Å². The Morgan fingerprint density at radius 3 is 2.23 bits per heavy atom. The minimum atomic E-state index is -3.97. The molecule has 4 rings (SSSR count). The number of para-hydroxylation sites is 1. The number of sulfonamides is 1. The van der Waals surface area contributed by atoms with Crippen LogP contribution in [-0.4, -0.2) is 33.4 Å². The van der Waals surface area contributed by atoms with Gasteiger partial charge in [-0.05, 0) is 48.9 Å². The van der Waals surface area contributed by atoms with Gasteiger partial charge in [-0.2, -0.15) is 0 Å². The molecule has 0 fully saturated rings. The lowest BCUT2D eigenvalue weighted by Crippen LogP contribution is -2.52. The first kappa shape index (κ1) is 20.9. The molecule has 2 N–H and O–H groups in total. The van der Waals surface area contributed by atoms with Crippen molar-refractivity contribution in [3.8, 4) is 0 Å². The van der Waals surface area contributed by atoms with E-state index in [-0.39, 0.29) is 4.90 Å². The Balaban J connectivity index is 1.74. The van der Waals surface area contributed by atoms with E-state index in [1.165, 1.54) is 12.1 Å². The molecule has 1 unspecified atom stereocenters. The molecule has 31 heavy (non-hydrogen) atoms. The summed E-state index contributed by atoms with van der Waals surface area (Å²) in [7, 11) is -0.0875. The summed E-state index contributed by atoms with van der Waals surface area (Å²) in [6, 6.07) is 21.1. The highest BCUT2D eigenvalue weighted by Crippen LogP contribution is 2.33. The first-order valence-electron chi connectivity index (χ1n) is 9.82. The Hall–Kier alpha value is -3.36. The topological polar surface area (TPSA) is 81.8 Å². The van der Waals surface area contributed by atoms with Gasteiger partial charge in [0.05, 0.1) is 10.5 Å². The van der Waals surface area contributed by atoms with Gasteiger partial charge in [0.1, 0.15) is 6.17 Å². The summed E-state index contributed by atoms with van der Waals surface area (Å²) in [5, 5.41) is 4.43. The molecule has 1 amide bonds. The van der Waals surface area contributed by atoms with Gasteiger partial charge in [0.15, 0.2) is 0 Å². The monoisotopic (exact) mass is 436 g/mol. The minimum Gasteiger partial charge on any atom is -0.378 e. The van der Waals surface area contributed by atoms with Gasteiger partial charge >= 0.3 is 0 Å². The normalized spacial score (nSPS) is 15.9. The van der Waals surface area contributed by atoms with E-state index in [2.05, 4.69) is 10.1 Å². The number of anilines is 2. The number of benzene rings is 3. The average molecular weight is 437 g/mol. The van der Waals surface area contributed by atoms with Crippen molar-refractivity contribution in [2.24, 2.45) is 0 Å². The third-order valence-corrected chi connectivity index (χ3v) is 6.53. The fourth-order valence-corrected chi connectivity index (χ4v) is 4.48. The van der Waals surface area contributed by atoms with E-state index in [9.17, 15) is 13.2 Å². The van der Waals surface area contributed by atoms with Crippen molar-refractivity contribution < 1.29 is 13.2 Å². The average Bonchev–Trinajstić information content (AvgIpc) is 2.76. The molecule has 3 aromatic rings. The van der Waals surface area contributed by atoms with Crippen LogP contribution in [0.3, 0.4) is 0 Å². The second-order valence-electron chi connectivity index (χ2n) is 7.66. The summed E-state index contributed by atoms with van der Waals surface area (Å²) >= 11 is 0. The lowest BCUT2D eigenvalue weighted by atomic mass is 10.0. The van der Waals surface area contributed by atoms with Gasteiger partial charge in [-0.15, -0.1) is 4.83 Å². The van der Waals surface area contributed by atoms with E-state index in [1.807, 2.05) is 56.3 Å². The van der Waals surface area contributed by atoms with Crippen LogP contribution in [0.2, 0.25) is 0 Å². The molecule has 0 saturated heterocycles. The standard InChI is InChI=1S/C23H24N4O3S/c1-16-8-14-19(15-9-16)31(29,30)25-27-22(17-10-12-18(13-11-17)26(2)3)24-21-7-5-4-6-20(21)23(27)28/h4-15,22,24-25H,1-3H3. The zero-order chi connectivity index (χ0) is 22.2. The molecule has 1 heterocycles. The van der Waals surface area contributed by atoms with E-state index < -0.39 is 22.1 Å². The molecular weight excluding hydrogens is 412 g/mol. The Morgan fingerprint density at radius 2 is 1.58 bits per heavy atom. The maximum atomic E-state index is 13.3. The number of rotatable bonds is 5. The number of hydrogen-bond acceptors (Lipinski definition) is 5. The lowest BCUT2D eigenvalue weighted by Gasteiger charge is -2.37. The van der Waals surface area contributed by atoms with Crippen molar-refractivity contribution in [1.29, 1.82) is 0 Å². The molecule has 1 aliphatic heterocycles. The van der Waals surface area contributed by atoms with Gasteiger partial charge < -0.3 is 10.2 Å². The molecule has 0 aromatic heterocycles. The zero-order valence-corrected chi connectivity index (χ0v) is 18.3. The van der Waals surface area contributed by atoms with Crippen molar-refractivity contribution in [3.63, 3.8) is 0 Å². The van der Waals surface area contributed by atoms with E-state index in [4.69, 9.17) is 0 Å². The van der Waals surface area contributed by atoms with Crippen LogP contribution in [0, 0.1) is 6.92 Å². The molecule has 1 atom stereocenters. The van der Waals surface area contributed by atoms with Crippen LogP contribution >= 0.6 is 0 Å². The number of amides is 1. The Morgan fingerprint density at radius 1 is 0.935 bits per heavy atom. The Labute approximate surface area is 182 Å². The molecule has 1 aliphatic rings. The molecule has 0 aliphatic carbocycles. The van der Waals surface area contributed by atoms with E-state index in [0.29, 0.717) is 11.3 Å². The molecule has 0 bridgehead atoms. The predicted molar refractivity (Wildman–Crippen MR) is 121 cm³/mol. The highest BCUT2D eigenvalue weighted by Gasteiger charge is 2.36. The number of fused-ring (bicyclic) bond motifs is 1. The largest absolute Gasteiger partial charge is 0.378 e. The summed E-state index contributed by atoms with van der Waals surface area (Å²) in [4.78, 5) is 17.8. The number of nitrogens with one attached hydrogen (secondary N) is 2. The van der Waals surface area contributed by atoms with Crippen molar-refractivity contribution in [2.45, 2.75) is 18.0 Å². The first-order valence-corrected chi connectivity index (χ1v) is 11.3. The van der Waals surface area contributed by atoms with Crippen LogP contribution < -0.4 is 15.0 Å². The number of carbonyl (C=O) groups excluding carboxylic acids is 1. The number of aryl methyl sites for hydroxylation is 1. The van der Waals surface area contributed by atoms with Crippen molar-refractivity contribution >= 4 is 27.3 Å². The summed E-state index contributed by atoms with van der Waals surface area (Å²) < 4.78 is 26.1. The van der Waals surface area contributed by atoms with Crippen LogP contribution in [0.4, 0.5) is 11.4 Å². The van der Waals surface area contributed by atoms with E-state index >= 15 is 0 Å². The van der Waals surface area contributed by atoms with Crippen LogP contribution in [-0.2, 0) is 10.0 Å². The fraction of sp³-hybridized carbons (Fsp3) is 0.174. The van der Waals surface area contributed by atoms with Crippen LogP contribution in [0.25, 0.3) is 0 Å². The van der Waals surface area contributed by atoms with E-state index in [0.717, 1.165) is 21.8 Å². The van der Waals surface area contributed by atoms with Crippen LogP contribution in [0.15, 0.2) is 77.7 Å². The predicted octanol–water partition coefficient (Wildman–Crippen LogP) is 3.52. The molecule has 0 saturated carbocycles. The van der Waals surface area contributed by atoms with Gasteiger partial charge in [-0.25, -0.2) is 13.4 Å². The second-order valence-corrected chi connectivity index (χ2v) is 9.32. The molecule has 160 valence electrons. The number of hydrogen-bond donors (Lipinski definition) is 2. The highest BCUT2D eigenvalue weighted by atomic mass is 32.2. The Bertz CT molecular complexity index is 1210. The fourth-order valence-electron chi connectivity index (χ4n) is 3.44. The SMILES string of the molecule is Cc1ccc(S(=O)(=O)NN2C(=O)c3ccccc3NC2c2ccc(N(C)C)cc2)cc1. The molecule has 0 radical (unpaired) electrons. The van der Waals surface area contributed by atoms with Gasteiger partial charge in [0.2, 0.25) is 0 Å².